The van der Waals surface area contributed by atoms with Crippen molar-refractivity contribution >= 4 is 102 Å². The molecule has 3 heterocycles. The summed E-state index contributed by atoms with van der Waals surface area (Å²) < 4.78 is 45.8. The summed E-state index contributed by atoms with van der Waals surface area (Å²) in [6.07, 6.45) is 2.41. The van der Waals surface area contributed by atoms with Gasteiger partial charge in [0.05, 0.1) is 53.3 Å². The van der Waals surface area contributed by atoms with E-state index in [1.807, 2.05) is 26.0 Å². The van der Waals surface area contributed by atoms with Crippen LogP contribution >= 0.6 is 43.5 Å². The fourth-order valence-corrected chi connectivity index (χ4v) is 13.0. The first-order chi connectivity index (χ1) is 41.4. The third-order valence-electron chi connectivity index (χ3n) is 16.9. The number of hydrogen-bond acceptors (Lipinski definition) is 15. The number of amides is 5. The number of aliphatic hydroxyl groups is 1. The molecule has 4 bridgehead atoms. The number of esters is 3. The maximum atomic E-state index is 16.2. The van der Waals surface area contributed by atoms with E-state index >= 15 is 4.39 Å². The number of aryl methyl sites for hydroxylation is 1. The van der Waals surface area contributed by atoms with Crippen LogP contribution in [0.4, 0.5) is 14.9 Å². The number of nitrogens with one attached hydrogen (secondary N) is 2. The normalized spacial score (nSPS) is 24.5. The molecule has 0 spiro atoms. The summed E-state index contributed by atoms with van der Waals surface area (Å²) in [5.41, 5.74) is 4.81. The molecule has 2 saturated heterocycles. The lowest BCUT2D eigenvalue weighted by atomic mass is 9.78. The van der Waals surface area contributed by atoms with Crippen molar-refractivity contribution < 1.29 is 76.3 Å². The number of likely N-dealkylation sites (N-methyl/N-ethyl adjacent to an activating group) is 1. The molecule has 0 saturated carbocycles. The Kier molecular flexibility index (Phi) is 27.4. The molecule has 88 heavy (non-hydrogen) atoms. The number of nitrogens with two attached hydrogens (primary N) is 1. The van der Waals surface area contributed by atoms with Crippen LogP contribution in [0.5, 0.6) is 0 Å². The Morgan fingerprint density at radius 2 is 1.69 bits per heavy atom. The number of carbonyl (C=O) groups excluding carboxylic acids is 9. The highest BCUT2D eigenvalue weighted by Crippen LogP contribution is 2.50. The molecule has 3 aliphatic heterocycles. The Hall–Kier alpha value is -5.59. The molecule has 3 aliphatic rings. The van der Waals surface area contributed by atoms with Crippen LogP contribution < -0.4 is 21.3 Å². The van der Waals surface area contributed by atoms with Crippen LogP contribution in [-0.4, -0.2) is 155 Å². The van der Waals surface area contributed by atoms with Crippen molar-refractivity contribution in [2.24, 2.45) is 29.4 Å². The first-order valence-corrected chi connectivity index (χ1v) is 32.5. The number of alkyl halides is 2. The van der Waals surface area contributed by atoms with E-state index in [-0.39, 0.29) is 86.7 Å². The molecule has 0 radical (unpaired) electrons. The van der Waals surface area contributed by atoms with Crippen LogP contribution in [0.2, 0.25) is 5.02 Å². The van der Waals surface area contributed by atoms with Gasteiger partial charge in [-0.2, -0.15) is 0 Å². The topological polar surface area (TPSA) is 280 Å². The van der Waals surface area contributed by atoms with Gasteiger partial charge in [-0.25, -0.2) is 14.0 Å². The average Bonchev–Trinajstić information content (AvgIpc) is 1.78. The lowest BCUT2D eigenvalue weighted by Crippen LogP contribution is -2.53. The van der Waals surface area contributed by atoms with Crippen LogP contribution in [-0.2, 0) is 70.1 Å². The SMILES string of the molecule is CO[C@@H]1/C=C/C=C(\C)Cc2cc(C)c(Cl)c(c2)N(C)C(=O)C[C@H](OC(=O)[C@H](C)N(C)C(=O)c2ccc(CC(=O)[C@H](CCCNC(N)=O)NC(=O)[C@@H](CC(=O)CCCCC(C)OC(=O)C(CBr)CBr)C(C)C)cc2F)[C@]2(C)O[C@H]2[C@H](C)[C@@H]2C[C@@]1(O)CC(=O)O2. The van der Waals surface area contributed by atoms with Crippen molar-refractivity contribution in [3.05, 3.63) is 87.2 Å². The number of epoxide rings is 1. The van der Waals surface area contributed by atoms with Gasteiger partial charge >= 0.3 is 23.9 Å². The summed E-state index contributed by atoms with van der Waals surface area (Å²) in [5, 5.41) is 18.5. The number of hydrogen-bond donors (Lipinski definition) is 4. The quantitative estimate of drug-likeness (QED) is 0.0225. The van der Waals surface area contributed by atoms with Gasteiger partial charge in [-0.05, 0) is 114 Å². The summed E-state index contributed by atoms with van der Waals surface area (Å²) in [6.45, 7) is 14.0. The van der Waals surface area contributed by atoms with Crippen molar-refractivity contribution in [2.75, 3.05) is 43.3 Å². The van der Waals surface area contributed by atoms with Crippen LogP contribution in [0, 0.1) is 36.4 Å². The van der Waals surface area contributed by atoms with Crippen molar-refractivity contribution in [2.45, 2.75) is 186 Å². The number of ketones is 2. The first kappa shape index (κ1) is 73.1. The number of unbranched alkanes of at least 4 members (excludes halogenated alkanes) is 1. The van der Waals surface area contributed by atoms with Crippen LogP contribution in [0.1, 0.15) is 140 Å². The van der Waals surface area contributed by atoms with Crippen LogP contribution in [0.3, 0.4) is 0 Å². The van der Waals surface area contributed by atoms with Gasteiger partial charge in [0.2, 0.25) is 11.8 Å². The number of anilines is 1. The van der Waals surface area contributed by atoms with E-state index in [1.165, 1.54) is 38.1 Å². The molecule has 486 valence electrons. The number of ether oxygens (including phenoxy) is 5. The lowest BCUT2D eigenvalue weighted by molar-refractivity contribution is -0.187. The van der Waals surface area contributed by atoms with Crippen molar-refractivity contribution in [1.82, 2.24) is 15.5 Å². The Bertz CT molecular complexity index is 2940. The van der Waals surface area contributed by atoms with E-state index in [2.05, 4.69) is 42.5 Å². The summed E-state index contributed by atoms with van der Waals surface area (Å²) in [7, 11) is 4.26. The van der Waals surface area contributed by atoms with Gasteiger partial charge in [-0.15, -0.1) is 0 Å². The van der Waals surface area contributed by atoms with Crippen LogP contribution in [0.25, 0.3) is 0 Å². The zero-order valence-corrected chi connectivity index (χ0v) is 56.2. The lowest BCUT2D eigenvalue weighted by Gasteiger charge is -2.41. The highest BCUT2D eigenvalue weighted by molar-refractivity contribution is 9.09. The predicted octanol–water partition coefficient (Wildman–Crippen LogP) is 8.69. The highest BCUT2D eigenvalue weighted by Gasteiger charge is 2.64. The molecule has 0 aromatic heterocycles. The average molecular weight is 1380 g/mol. The Balaban J connectivity index is 1.31. The molecule has 2 fully saturated rings. The summed E-state index contributed by atoms with van der Waals surface area (Å²) in [4.78, 5) is 123. The summed E-state index contributed by atoms with van der Waals surface area (Å²) >= 11 is 13.5. The number of nitrogens with zero attached hydrogens (tertiary/aromatic N) is 2. The fraction of sp³-hybridized carbons (Fsp3) is 0.609. The number of urea groups is 1. The number of rotatable bonds is 26. The number of benzene rings is 2. The van der Waals surface area contributed by atoms with Crippen molar-refractivity contribution in [1.29, 1.82) is 0 Å². The minimum atomic E-state index is -1.67. The molecule has 2 aromatic rings. The molecular formula is C64H87Br2ClFN5O15. The number of Topliss-reactive ketones (excluding diaryl/α,β-unsaturated/α-hetero) is 2. The minimum absolute atomic E-state index is 0.0305. The molecule has 1 unspecified atom stereocenters. The Morgan fingerprint density at radius 3 is 2.33 bits per heavy atom. The van der Waals surface area contributed by atoms with Gasteiger partial charge < -0.3 is 55.0 Å². The largest absolute Gasteiger partial charge is 0.462 e. The van der Waals surface area contributed by atoms with E-state index in [4.69, 9.17) is 41.0 Å². The number of primary amides is 1. The third-order valence-corrected chi connectivity index (χ3v) is 19.0. The number of carbonyl (C=O) groups is 9. The van der Waals surface area contributed by atoms with Crippen LogP contribution in [0.15, 0.2) is 54.1 Å². The Labute approximate surface area is 537 Å². The smallest absolute Gasteiger partial charge is 0.328 e. The van der Waals surface area contributed by atoms with Gasteiger partial charge in [-0.3, -0.25) is 33.6 Å². The summed E-state index contributed by atoms with van der Waals surface area (Å²) in [6, 6.07) is 3.98. The zero-order chi connectivity index (χ0) is 65.5. The molecule has 5 amide bonds. The number of methoxy groups -OCH3 is 1. The number of halogens is 4. The molecule has 20 nitrogen and oxygen atoms in total. The Morgan fingerprint density at radius 1 is 1.00 bits per heavy atom. The second-order valence-electron chi connectivity index (χ2n) is 24.3. The van der Waals surface area contributed by atoms with Gasteiger partial charge in [0.15, 0.2) is 5.78 Å². The third kappa shape index (κ3) is 19.7. The van der Waals surface area contributed by atoms with Gasteiger partial charge in [0.1, 0.15) is 47.2 Å². The molecule has 5 N–H and O–H groups in total. The molecule has 2 aromatic carbocycles. The van der Waals surface area contributed by atoms with E-state index < -0.39 is 119 Å². The van der Waals surface area contributed by atoms with E-state index in [0.717, 1.165) is 22.1 Å². The zero-order valence-electron chi connectivity index (χ0n) is 52.2. The van der Waals surface area contributed by atoms with Gasteiger partial charge in [0.25, 0.3) is 5.91 Å². The number of allylic oxidation sites excluding steroid dienone is 3. The second kappa shape index (κ2) is 32.9. The summed E-state index contributed by atoms with van der Waals surface area (Å²) in [5.74, 6) is -7.62. The molecule has 5 rings (SSSR count). The fourth-order valence-electron chi connectivity index (χ4n) is 11.2. The monoisotopic (exact) mass is 1380 g/mol. The molecule has 24 heteroatoms. The van der Waals surface area contributed by atoms with E-state index in [9.17, 15) is 48.3 Å². The minimum Gasteiger partial charge on any atom is -0.462 e. The second-order valence-corrected chi connectivity index (χ2v) is 26.0. The standard InChI is InChI=1S/C64H87Br2ClFN5O15/c1-35(2)46(29-44(74)18-13-12-17-38(5)85-61(81)43(33-65)34-66)58(78)71-48(19-15-23-70-62(69)82)50(75)28-41-21-22-45(47(68)26-41)59(79)72(9)40(7)60(80)87-53-30-54(76)73(10)49-27-42(25-37(4)56(49)67)24-36(3)16-14-20-52(84-11)64(83)31-51(86-55(77)32-64)39(6)57-63(53,8)88-57/h14,16,20-22,25-27,35,38-40,43,46,48,51-53,57,83H,12-13,15,17-19,23-24,28-34H2,1-11H3,(H,71,78)(H3,69,70,82)/b20-14+,36-16+/t38?,39-,40+,46+,48+,51+,52-,53+,57+,63+,64-/m1/s1. The molecule has 0 aliphatic carbocycles. The molecular weight excluding hydrogens is 1290 g/mol. The van der Waals surface area contributed by atoms with Gasteiger partial charge in [0, 0.05) is 75.9 Å². The maximum Gasteiger partial charge on any atom is 0.328 e. The van der Waals surface area contributed by atoms with Gasteiger partial charge in [-0.1, -0.05) is 100 Å². The highest BCUT2D eigenvalue weighted by atomic mass is 79.9. The van der Waals surface area contributed by atoms with E-state index in [1.54, 1.807) is 59.9 Å². The number of fused-ring (bicyclic) bond motifs is 5. The first-order valence-electron chi connectivity index (χ1n) is 29.9. The van der Waals surface area contributed by atoms with Crippen molar-refractivity contribution in [3.8, 4) is 0 Å². The molecule has 11 atom stereocenters. The predicted molar refractivity (Wildman–Crippen MR) is 336 cm³/mol. The van der Waals surface area contributed by atoms with E-state index in [0.29, 0.717) is 52.6 Å². The maximum absolute atomic E-state index is 16.2. The van der Waals surface area contributed by atoms with Crippen molar-refractivity contribution in [3.63, 3.8) is 0 Å².